The minimum atomic E-state index is -0.931. The molecule has 5 rings (SSSR count). The predicted octanol–water partition coefficient (Wildman–Crippen LogP) is 3.72. The highest BCUT2D eigenvalue weighted by Crippen LogP contribution is 2.46. The number of rotatable bonds is 4. The first-order chi connectivity index (χ1) is 17.1. The third-order valence-corrected chi connectivity index (χ3v) is 7.57. The molecular weight excluding hydrogens is 465 g/mol. The minimum absolute atomic E-state index is 0.0742. The van der Waals surface area contributed by atoms with Crippen LogP contribution >= 0.6 is 0 Å². The van der Waals surface area contributed by atoms with Crippen LogP contribution < -0.4 is 5.32 Å². The van der Waals surface area contributed by atoms with E-state index in [1.54, 1.807) is 17.0 Å². The zero-order valence-electron chi connectivity index (χ0n) is 20.9. The van der Waals surface area contributed by atoms with Crippen LogP contribution in [0.3, 0.4) is 0 Å². The van der Waals surface area contributed by atoms with E-state index >= 15 is 0 Å². The highest BCUT2D eigenvalue weighted by molar-refractivity contribution is 6.09. The maximum absolute atomic E-state index is 13.6. The molecule has 1 N–H and O–H groups in total. The number of hydrogen-bond acceptors (Lipinski definition) is 6. The van der Waals surface area contributed by atoms with Gasteiger partial charge in [0.25, 0.3) is 5.91 Å². The number of hydrogen-bond donors (Lipinski definition) is 1. The van der Waals surface area contributed by atoms with Crippen molar-refractivity contribution in [3.8, 4) is 11.4 Å². The Labute approximate surface area is 209 Å². The second kappa shape index (κ2) is 8.97. The van der Waals surface area contributed by atoms with Crippen LogP contribution in [-0.4, -0.2) is 63.0 Å². The maximum Gasteiger partial charge on any atom is 0.325 e. The molecule has 2 aliphatic heterocycles. The fourth-order valence-corrected chi connectivity index (χ4v) is 6.44. The fourth-order valence-electron chi connectivity index (χ4n) is 6.44. The second-order valence-corrected chi connectivity index (χ2v) is 11.4. The Morgan fingerprint density at radius 2 is 2.08 bits per heavy atom. The molecule has 9 nitrogen and oxygen atoms in total. The van der Waals surface area contributed by atoms with Crippen molar-refractivity contribution in [1.82, 2.24) is 25.3 Å². The zero-order chi connectivity index (χ0) is 25.7. The Kier molecular flexibility index (Phi) is 6.08. The van der Waals surface area contributed by atoms with E-state index < -0.39 is 11.6 Å². The van der Waals surface area contributed by atoms with Gasteiger partial charge in [-0.1, -0.05) is 38.1 Å². The lowest BCUT2D eigenvalue weighted by Crippen LogP contribution is -2.54. The molecule has 1 saturated carbocycles. The Bertz CT molecular complexity index is 1200. The third kappa shape index (κ3) is 4.60. The summed E-state index contributed by atoms with van der Waals surface area (Å²) in [4.78, 5) is 46.6. The van der Waals surface area contributed by atoms with E-state index in [0.717, 1.165) is 24.2 Å². The van der Waals surface area contributed by atoms with Gasteiger partial charge in [-0.3, -0.25) is 14.5 Å². The van der Waals surface area contributed by atoms with Gasteiger partial charge in [-0.25, -0.2) is 9.18 Å². The molecule has 36 heavy (non-hydrogen) atoms. The van der Waals surface area contributed by atoms with Gasteiger partial charge in [0.05, 0.1) is 5.92 Å². The van der Waals surface area contributed by atoms with E-state index in [4.69, 9.17) is 4.52 Å². The summed E-state index contributed by atoms with van der Waals surface area (Å²) >= 11 is 0. The van der Waals surface area contributed by atoms with E-state index in [1.165, 1.54) is 12.1 Å². The average molecular weight is 498 g/mol. The number of amides is 4. The summed E-state index contributed by atoms with van der Waals surface area (Å²) in [6.45, 7) is 6.92. The summed E-state index contributed by atoms with van der Waals surface area (Å²) < 4.78 is 19.0. The van der Waals surface area contributed by atoms with Crippen LogP contribution in [0.5, 0.6) is 0 Å². The van der Waals surface area contributed by atoms with Crippen LogP contribution in [0.2, 0.25) is 0 Å². The summed E-state index contributed by atoms with van der Waals surface area (Å²) in [6.07, 6.45) is 3.62. The van der Waals surface area contributed by atoms with Gasteiger partial charge < -0.3 is 14.7 Å². The van der Waals surface area contributed by atoms with Crippen LogP contribution in [0.4, 0.5) is 9.18 Å². The Morgan fingerprint density at radius 1 is 1.28 bits per heavy atom. The smallest absolute Gasteiger partial charge is 0.325 e. The number of aromatic nitrogens is 2. The van der Waals surface area contributed by atoms with Crippen molar-refractivity contribution >= 4 is 17.8 Å². The van der Waals surface area contributed by atoms with E-state index in [2.05, 4.69) is 36.2 Å². The first-order valence-electron chi connectivity index (χ1n) is 12.6. The van der Waals surface area contributed by atoms with Gasteiger partial charge in [-0.15, -0.1) is 0 Å². The summed E-state index contributed by atoms with van der Waals surface area (Å²) in [6, 6.07) is 5.47. The first-order valence-corrected chi connectivity index (χ1v) is 12.6. The van der Waals surface area contributed by atoms with Gasteiger partial charge in [0.1, 0.15) is 17.9 Å². The summed E-state index contributed by atoms with van der Waals surface area (Å²) in [5.74, 6) is -0.169. The quantitative estimate of drug-likeness (QED) is 0.645. The van der Waals surface area contributed by atoms with E-state index in [1.807, 2.05) is 0 Å². The SMILES string of the molecule is CC1CC(C)(C)CC2(C1)NC(=O)N(CC(=O)N1CCCC(c3nc(-c4cccc(F)c4)no3)C1)C2=O. The molecule has 3 fully saturated rings. The number of piperidine rings is 1. The van der Waals surface area contributed by atoms with Gasteiger partial charge in [-0.05, 0) is 55.6 Å². The highest BCUT2D eigenvalue weighted by atomic mass is 19.1. The summed E-state index contributed by atoms with van der Waals surface area (Å²) in [5, 5.41) is 6.91. The molecule has 3 heterocycles. The number of benzene rings is 1. The average Bonchev–Trinajstić information content (AvgIpc) is 3.38. The molecule has 1 aliphatic carbocycles. The number of carbonyl (C=O) groups is 3. The summed E-state index contributed by atoms with van der Waals surface area (Å²) in [5.41, 5.74) is -0.490. The van der Waals surface area contributed by atoms with Crippen molar-refractivity contribution in [2.75, 3.05) is 19.6 Å². The molecule has 1 spiro atoms. The number of nitrogens with one attached hydrogen (secondary N) is 1. The molecule has 1 aromatic carbocycles. The summed E-state index contributed by atoms with van der Waals surface area (Å²) in [7, 11) is 0. The molecule has 4 amide bonds. The monoisotopic (exact) mass is 497 g/mol. The van der Waals surface area contributed by atoms with Gasteiger partial charge >= 0.3 is 6.03 Å². The largest absolute Gasteiger partial charge is 0.340 e. The standard InChI is InChI=1S/C26H32FN5O4/c1-16-11-25(2,3)15-26(12-16)23(34)32(24(35)29-26)14-20(33)31-9-5-7-18(13-31)22-28-21(30-36-22)17-6-4-8-19(27)10-17/h4,6,8,10,16,18H,5,7,9,11-15H2,1-3H3,(H,29,35). The third-order valence-electron chi connectivity index (χ3n) is 7.57. The van der Waals surface area contributed by atoms with Gasteiger partial charge in [0.2, 0.25) is 17.6 Å². The van der Waals surface area contributed by atoms with Crippen LogP contribution in [0, 0.1) is 17.2 Å². The second-order valence-electron chi connectivity index (χ2n) is 11.4. The van der Waals surface area contributed by atoms with Crippen molar-refractivity contribution in [2.45, 2.75) is 64.3 Å². The van der Waals surface area contributed by atoms with Gasteiger partial charge in [0.15, 0.2) is 0 Å². The zero-order valence-corrected chi connectivity index (χ0v) is 20.9. The number of nitrogens with zero attached hydrogens (tertiary/aromatic N) is 4. The molecule has 0 bridgehead atoms. The number of likely N-dealkylation sites (tertiary alicyclic amines) is 1. The van der Waals surface area contributed by atoms with Crippen LogP contribution in [-0.2, 0) is 9.59 Å². The normalized spacial score (nSPS) is 28.0. The number of carbonyl (C=O) groups excluding carboxylic acids is 3. The molecule has 192 valence electrons. The molecule has 1 aromatic heterocycles. The van der Waals surface area contributed by atoms with Crippen molar-refractivity contribution in [2.24, 2.45) is 11.3 Å². The van der Waals surface area contributed by atoms with Crippen molar-refractivity contribution < 1.29 is 23.3 Å². The Hall–Kier alpha value is -3.30. The molecule has 3 aliphatic rings. The maximum atomic E-state index is 13.6. The number of urea groups is 1. The lowest BCUT2D eigenvalue weighted by molar-refractivity contribution is -0.141. The lowest BCUT2D eigenvalue weighted by atomic mass is 9.64. The van der Waals surface area contributed by atoms with E-state index in [0.29, 0.717) is 49.1 Å². The molecule has 0 radical (unpaired) electrons. The minimum Gasteiger partial charge on any atom is -0.340 e. The molecule has 3 unspecified atom stereocenters. The molecule has 2 aromatic rings. The van der Waals surface area contributed by atoms with Crippen molar-refractivity contribution in [3.63, 3.8) is 0 Å². The lowest BCUT2D eigenvalue weighted by Gasteiger charge is -2.43. The van der Waals surface area contributed by atoms with E-state index in [9.17, 15) is 18.8 Å². The number of imide groups is 1. The van der Waals surface area contributed by atoms with Crippen LogP contribution in [0.15, 0.2) is 28.8 Å². The Morgan fingerprint density at radius 3 is 2.83 bits per heavy atom. The molecule has 2 saturated heterocycles. The molecule has 10 heteroatoms. The fraction of sp³-hybridized carbons (Fsp3) is 0.577. The van der Waals surface area contributed by atoms with Crippen molar-refractivity contribution in [1.29, 1.82) is 0 Å². The topological polar surface area (TPSA) is 109 Å². The van der Waals surface area contributed by atoms with Gasteiger partial charge in [-0.2, -0.15) is 4.98 Å². The Balaban J connectivity index is 1.25. The first kappa shape index (κ1) is 24.4. The highest BCUT2D eigenvalue weighted by Gasteiger charge is 2.56. The van der Waals surface area contributed by atoms with E-state index in [-0.39, 0.29) is 35.5 Å². The number of halogens is 1. The van der Waals surface area contributed by atoms with Gasteiger partial charge in [0, 0.05) is 18.7 Å². The molecule has 3 atom stereocenters. The molecular formula is C26H32FN5O4. The predicted molar refractivity (Wildman–Crippen MR) is 128 cm³/mol. The van der Waals surface area contributed by atoms with Crippen LogP contribution in [0.1, 0.15) is 64.7 Å². The van der Waals surface area contributed by atoms with Crippen LogP contribution in [0.25, 0.3) is 11.4 Å². The van der Waals surface area contributed by atoms with Crippen molar-refractivity contribution in [3.05, 3.63) is 36.0 Å².